The van der Waals surface area contributed by atoms with Crippen LogP contribution in [0.2, 0.25) is 0 Å². The SMILES string of the molecule is O=C(O)c1ccc(Oc2cccc(C(F)(F)F)c2)cn1. The number of halogens is 3. The second-order valence-corrected chi connectivity index (χ2v) is 3.81. The minimum atomic E-state index is -4.45. The van der Waals surface area contributed by atoms with Gasteiger partial charge in [-0.05, 0) is 30.3 Å². The minimum Gasteiger partial charge on any atom is -0.477 e. The van der Waals surface area contributed by atoms with E-state index >= 15 is 0 Å². The highest BCUT2D eigenvalue weighted by atomic mass is 19.4. The molecule has 0 amide bonds. The molecular weight excluding hydrogens is 275 g/mol. The number of carboxylic acids is 1. The molecule has 0 aliphatic heterocycles. The van der Waals surface area contributed by atoms with Crippen LogP contribution >= 0.6 is 0 Å². The molecule has 0 fully saturated rings. The van der Waals surface area contributed by atoms with Crippen LogP contribution in [0.5, 0.6) is 11.5 Å². The Labute approximate surface area is 111 Å². The van der Waals surface area contributed by atoms with E-state index in [1.807, 2.05) is 0 Å². The van der Waals surface area contributed by atoms with Crippen LogP contribution in [0.1, 0.15) is 16.1 Å². The van der Waals surface area contributed by atoms with Crippen LogP contribution in [0.25, 0.3) is 0 Å². The Balaban J connectivity index is 2.20. The van der Waals surface area contributed by atoms with Crippen molar-refractivity contribution in [3.63, 3.8) is 0 Å². The van der Waals surface area contributed by atoms with Gasteiger partial charge in [-0.15, -0.1) is 0 Å². The Bertz CT molecular complexity index is 624. The Kier molecular flexibility index (Phi) is 3.60. The maximum absolute atomic E-state index is 12.5. The molecule has 7 heteroatoms. The Morgan fingerprint density at radius 3 is 2.45 bits per heavy atom. The lowest BCUT2D eigenvalue weighted by Gasteiger charge is -2.09. The summed E-state index contributed by atoms with van der Waals surface area (Å²) in [6.45, 7) is 0. The molecule has 2 rings (SSSR count). The van der Waals surface area contributed by atoms with Crippen LogP contribution < -0.4 is 4.74 Å². The van der Waals surface area contributed by atoms with Gasteiger partial charge in [0.15, 0.2) is 0 Å². The van der Waals surface area contributed by atoms with Crippen LogP contribution in [-0.4, -0.2) is 16.1 Å². The predicted octanol–water partition coefficient (Wildman–Crippen LogP) is 3.59. The largest absolute Gasteiger partial charge is 0.477 e. The smallest absolute Gasteiger partial charge is 0.416 e. The number of ether oxygens (including phenoxy) is 1. The van der Waals surface area contributed by atoms with Crippen LogP contribution in [0.15, 0.2) is 42.6 Å². The zero-order valence-corrected chi connectivity index (χ0v) is 9.89. The highest BCUT2D eigenvalue weighted by Crippen LogP contribution is 2.32. The molecule has 0 saturated carbocycles. The first-order valence-electron chi connectivity index (χ1n) is 5.41. The van der Waals surface area contributed by atoms with Crippen molar-refractivity contribution in [1.82, 2.24) is 4.98 Å². The molecule has 0 unspecified atom stereocenters. The molecule has 0 aliphatic carbocycles. The molecule has 20 heavy (non-hydrogen) atoms. The first-order valence-corrected chi connectivity index (χ1v) is 5.41. The number of alkyl halides is 3. The second kappa shape index (κ2) is 5.20. The van der Waals surface area contributed by atoms with Crippen molar-refractivity contribution in [2.45, 2.75) is 6.18 Å². The van der Waals surface area contributed by atoms with Gasteiger partial charge in [0.2, 0.25) is 0 Å². The molecule has 0 aliphatic rings. The summed E-state index contributed by atoms with van der Waals surface area (Å²) in [7, 11) is 0. The summed E-state index contributed by atoms with van der Waals surface area (Å²) in [5, 5.41) is 8.66. The average molecular weight is 283 g/mol. The van der Waals surface area contributed by atoms with Crippen LogP contribution in [0, 0.1) is 0 Å². The highest BCUT2D eigenvalue weighted by molar-refractivity contribution is 5.85. The summed E-state index contributed by atoms with van der Waals surface area (Å²) in [6.07, 6.45) is -3.32. The molecule has 1 aromatic heterocycles. The quantitative estimate of drug-likeness (QED) is 0.935. The van der Waals surface area contributed by atoms with Crippen LogP contribution in [-0.2, 0) is 6.18 Å². The standard InChI is InChI=1S/C13H8F3NO3/c14-13(15,16)8-2-1-3-9(6-8)20-10-4-5-11(12(18)19)17-7-10/h1-7H,(H,18,19). The fourth-order valence-corrected chi connectivity index (χ4v) is 1.44. The maximum atomic E-state index is 12.5. The lowest BCUT2D eigenvalue weighted by atomic mass is 10.2. The van der Waals surface area contributed by atoms with Crippen molar-refractivity contribution >= 4 is 5.97 Å². The second-order valence-electron chi connectivity index (χ2n) is 3.81. The Hall–Kier alpha value is -2.57. The Morgan fingerprint density at radius 2 is 1.90 bits per heavy atom. The van der Waals surface area contributed by atoms with Crippen LogP contribution in [0.3, 0.4) is 0 Å². The lowest BCUT2D eigenvalue weighted by Crippen LogP contribution is -2.04. The van der Waals surface area contributed by atoms with Gasteiger partial charge in [-0.25, -0.2) is 9.78 Å². The van der Waals surface area contributed by atoms with E-state index in [0.717, 1.165) is 18.3 Å². The number of aromatic carboxylic acids is 1. The van der Waals surface area contributed by atoms with Gasteiger partial charge in [-0.3, -0.25) is 0 Å². The van der Waals surface area contributed by atoms with Crippen molar-refractivity contribution in [3.8, 4) is 11.5 Å². The minimum absolute atomic E-state index is 0.00954. The monoisotopic (exact) mass is 283 g/mol. The Morgan fingerprint density at radius 1 is 1.15 bits per heavy atom. The number of rotatable bonds is 3. The van der Waals surface area contributed by atoms with E-state index in [1.54, 1.807) is 0 Å². The summed E-state index contributed by atoms with van der Waals surface area (Å²) < 4.78 is 42.7. The molecule has 4 nitrogen and oxygen atoms in total. The molecule has 1 heterocycles. The molecular formula is C13H8F3NO3. The van der Waals surface area contributed by atoms with Gasteiger partial charge in [0.05, 0.1) is 11.8 Å². The number of benzene rings is 1. The van der Waals surface area contributed by atoms with Gasteiger partial charge < -0.3 is 9.84 Å². The van der Waals surface area contributed by atoms with Crippen molar-refractivity contribution in [3.05, 3.63) is 53.9 Å². The first kappa shape index (κ1) is 13.9. The third-order valence-electron chi connectivity index (χ3n) is 2.35. The molecule has 1 aromatic carbocycles. The fourth-order valence-electron chi connectivity index (χ4n) is 1.44. The summed E-state index contributed by atoms with van der Waals surface area (Å²) >= 11 is 0. The lowest BCUT2D eigenvalue weighted by molar-refractivity contribution is -0.137. The van der Waals surface area contributed by atoms with Crippen molar-refractivity contribution < 1.29 is 27.8 Å². The van der Waals surface area contributed by atoms with E-state index in [-0.39, 0.29) is 17.2 Å². The number of aromatic nitrogens is 1. The summed E-state index contributed by atoms with van der Waals surface area (Å²) in [5.41, 5.74) is -1.01. The molecule has 2 aromatic rings. The fraction of sp³-hybridized carbons (Fsp3) is 0.0769. The molecule has 0 atom stereocenters. The van der Waals surface area contributed by atoms with Crippen molar-refractivity contribution in [2.24, 2.45) is 0 Å². The average Bonchev–Trinajstić information content (AvgIpc) is 2.38. The topological polar surface area (TPSA) is 59.4 Å². The van der Waals surface area contributed by atoms with Gasteiger partial charge in [-0.2, -0.15) is 13.2 Å². The van der Waals surface area contributed by atoms with Gasteiger partial charge in [0.1, 0.15) is 17.2 Å². The van der Waals surface area contributed by atoms with E-state index in [4.69, 9.17) is 9.84 Å². The number of nitrogens with zero attached hydrogens (tertiary/aromatic N) is 1. The third kappa shape index (κ3) is 3.25. The normalized spacial score (nSPS) is 11.2. The van der Waals surface area contributed by atoms with E-state index in [0.29, 0.717) is 0 Å². The summed E-state index contributed by atoms with van der Waals surface area (Å²) in [5.74, 6) is -1.06. The predicted molar refractivity (Wildman–Crippen MR) is 62.7 cm³/mol. The van der Waals surface area contributed by atoms with E-state index < -0.39 is 17.7 Å². The number of carboxylic acid groups (broad SMARTS) is 1. The van der Waals surface area contributed by atoms with Crippen LogP contribution in [0.4, 0.5) is 13.2 Å². The summed E-state index contributed by atoms with van der Waals surface area (Å²) in [6, 6.07) is 6.88. The maximum Gasteiger partial charge on any atom is 0.416 e. The van der Waals surface area contributed by atoms with Gasteiger partial charge in [0.25, 0.3) is 0 Å². The molecule has 0 radical (unpaired) electrons. The number of pyridine rings is 1. The van der Waals surface area contributed by atoms with E-state index in [1.165, 1.54) is 24.3 Å². The van der Waals surface area contributed by atoms with E-state index in [2.05, 4.69) is 4.98 Å². The number of hydrogen-bond acceptors (Lipinski definition) is 3. The third-order valence-corrected chi connectivity index (χ3v) is 2.35. The number of carbonyl (C=O) groups is 1. The van der Waals surface area contributed by atoms with Gasteiger partial charge in [0, 0.05) is 0 Å². The summed E-state index contributed by atoms with van der Waals surface area (Å²) in [4.78, 5) is 14.2. The van der Waals surface area contributed by atoms with Gasteiger partial charge in [-0.1, -0.05) is 6.07 Å². The first-order chi connectivity index (χ1) is 9.36. The van der Waals surface area contributed by atoms with Gasteiger partial charge >= 0.3 is 12.1 Å². The molecule has 0 spiro atoms. The molecule has 1 N–H and O–H groups in total. The molecule has 104 valence electrons. The van der Waals surface area contributed by atoms with Crippen molar-refractivity contribution in [2.75, 3.05) is 0 Å². The molecule has 0 saturated heterocycles. The number of hydrogen-bond donors (Lipinski definition) is 1. The van der Waals surface area contributed by atoms with Crippen molar-refractivity contribution in [1.29, 1.82) is 0 Å². The molecule has 0 bridgehead atoms. The zero-order valence-electron chi connectivity index (χ0n) is 9.89. The zero-order chi connectivity index (χ0) is 14.8. The van der Waals surface area contributed by atoms with E-state index in [9.17, 15) is 18.0 Å². The highest BCUT2D eigenvalue weighted by Gasteiger charge is 2.30.